The Kier molecular flexibility index (Phi) is 8.89. The molecule has 2 aliphatic rings. The lowest BCUT2D eigenvalue weighted by molar-refractivity contribution is 0.140. The molecule has 5 nitrogen and oxygen atoms in total. The average molecular weight is 409 g/mol. The van der Waals surface area contributed by atoms with Crippen LogP contribution >= 0.6 is 24.0 Å². The number of likely N-dealkylation sites (tertiary alicyclic amines) is 1. The summed E-state index contributed by atoms with van der Waals surface area (Å²) >= 11 is 0. The van der Waals surface area contributed by atoms with Gasteiger partial charge in [0, 0.05) is 52.4 Å². The number of nitrogens with two attached hydrogens (primary N) is 1. The quantitative estimate of drug-likeness (QED) is 0.432. The number of halogens is 1. The second-order valence-electron chi connectivity index (χ2n) is 6.46. The van der Waals surface area contributed by atoms with Gasteiger partial charge < -0.3 is 20.4 Å². The molecule has 2 fully saturated rings. The fraction of sp³-hybridized carbons (Fsp3) is 0.933. The second-order valence-corrected chi connectivity index (χ2v) is 6.46. The van der Waals surface area contributed by atoms with Crippen molar-refractivity contribution in [2.75, 3.05) is 59.4 Å². The van der Waals surface area contributed by atoms with Crippen LogP contribution < -0.4 is 5.73 Å². The SMILES string of the molecule is CC(CN=C(N)N1CCCCC1)CN1CCN(C)CC1.I. The number of aliphatic imine (C=N–C) groups is 1. The lowest BCUT2D eigenvalue weighted by Gasteiger charge is -2.33. The van der Waals surface area contributed by atoms with Crippen LogP contribution in [0.15, 0.2) is 4.99 Å². The molecule has 1 atom stereocenters. The van der Waals surface area contributed by atoms with Crippen LogP contribution in [-0.4, -0.2) is 80.1 Å². The van der Waals surface area contributed by atoms with Crippen molar-refractivity contribution in [1.82, 2.24) is 14.7 Å². The van der Waals surface area contributed by atoms with E-state index in [9.17, 15) is 0 Å². The predicted molar refractivity (Wildman–Crippen MR) is 100 cm³/mol. The lowest BCUT2D eigenvalue weighted by atomic mass is 10.1. The highest BCUT2D eigenvalue weighted by Crippen LogP contribution is 2.09. The fourth-order valence-electron chi connectivity index (χ4n) is 3.00. The van der Waals surface area contributed by atoms with Gasteiger partial charge in [0.15, 0.2) is 5.96 Å². The van der Waals surface area contributed by atoms with Gasteiger partial charge in [-0.1, -0.05) is 6.92 Å². The van der Waals surface area contributed by atoms with Crippen molar-refractivity contribution in [2.24, 2.45) is 16.6 Å². The largest absolute Gasteiger partial charge is 0.370 e. The van der Waals surface area contributed by atoms with Crippen LogP contribution in [-0.2, 0) is 0 Å². The van der Waals surface area contributed by atoms with Crippen LogP contribution in [0.5, 0.6) is 0 Å². The first-order chi connectivity index (χ1) is 9.65. The van der Waals surface area contributed by atoms with Crippen molar-refractivity contribution in [3.05, 3.63) is 0 Å². The highest BCUT2D eigenvalue weighted by atomic mass is 127. The summed E-state index contributed by atoms with van der Waals surface area (Å²) in [6.45, 7) is 11.2. The molecular weight excluding hydrogens is 377 g/mol. The summed E-state index contributed by atoms with van der Waals surface area (Å²) < 4.78 is 0. The fourth-order valence-corrected chi connectivity index (χ4v) is 3.00. The number of piperazine rings is 1. The number of piperidine rings is 1. The van der Waals surface area contributed by atoms with Gasteiger partial charge in [-0.15, -0.1) is 24.0 Å². The Morgan fingerprint density at radius 1 is 1.05 bits per heavy atom. The van der Waals surface area contributed by atoms with Crippen molar-refractivity contribution in [3.8, 4) is 0 Å². The Hall–Kier alpha value is -0.0800. The molecule has 2 N–H and O–H groups in total. The first kappa shape index (κ1) is 19.0. The van der Waals surface area contributed by atoms with E-state index >= 15 is 0 Å². The third kappa shape index (κ3) is 6.69. The minimum Gasteiger partial charge on any atom is -0.370 e. The van der Waals surface area contributed by atoms with E-state index in [2.05, 4.69) is 33.7 Å². The maximum Gasteiger partial charge on any atom is 0.191 e. The normalized spacial score (nSPS) is 23.7. The zero-order chi connectivity index (χ0) is 14.4. The van der Waals surface area contributed by atoms with Gasteiger partial charge in [-0.05, 0) is 32.2 Å². The van der Waals surface area contributed by atoms with Crippen molar-refractivity contribution in [1.29, 1.82) is 0 Å². The number of rotatable bonds is 4. The summed E-state index contributed by atoms with van der Waals surface area (Å²) in [6.07, 6.45) is 3.85. The van der Waals surface area contributed by atoms with Gasteiger partial charge in [-0.2, -0.15) is 0 Å². The van der Waals surface area contributed by atoms with Gasteiger partial charge in [-0.3, -0.25) is 4.99 Å². The Morgan fingerprint density at radius 2 is 1.67 bits per heavy atom. The Morgan fingerprint density at radius 3 is 2.29 bits per heavy atom. The molecule has 0 radical (unpaired) electrons. The van der Waals surface area contributed by atoms with E-state index in [0.29, 0.717) is 5.92 Å². The van der Waals surface area contributed by atoms with E-state index < -0.39 is 0 Å². The molecule has 0 aromatic heterocycles. The smallest absolute Gasteiger partial charge is 0.191 e. The van der Waals surface area contributed by atoms with E-state index in [-0.39, 0.29) is 24.0 Å². The molecule has 0 aromatic rings. The maximum atomic E-state index is 6.10. The lowest BCUT2D eigenvalue weighted by Crippen LogP contribution is -2.46. The zero-order valence-electron chi connectivity index (χ0n) is 13.6. The topological polar surface area (TPSA) is 48.1 Å². The summed E-state index contributed by atoms with van der Waals surface area (Å²) in [6, 6.07) is 0. The van der Waals surface area contributed by atoms with Crippen molar-refractivity contribution in [3.63, 3.8) is 0 Å². The Bertz CT molecular complexity index is 309. The van der Waals surface area contributed by atoms with E-state index in [1.54, 1.807) is 0 Å². The molecule has 1 unspecified atom stereocenters. The molecule has 2 aliphatic heterocycles. The summed E-state index contributed by atoms with van der Waals surface area (Å²) in [7, 11) is 2.20. The maximum absolute atomic E-state index is 6.10. The molecule has 2 heterocycles. The Balaban J connectivity index is 0.00000220. The van der Waals surface area contributed by atoms with Crippen LogP contribution in [0, 0.1) is 5.92 Å². The molecule has 124 valence electrons. The number of nitrogens with zero attached hydrogens (tertiary/aromatic N) is 4. The van der Waals surface area contributed by atoms with Crippen LogP contribution in [0.4, 0.5) is 0 Å². The first-order valence-corrected chi connectivity index (χ1v) is 8.11. The van der Waals surface area contributed by atoms with E-state index in [1.165, 1.54) is 45.4 Å². The molecule has 0 saturated carbocycles. The average Bonchev–Trinajstić information content (AvgIpc) is 2.48. The third-order valence-corrected chi connectivity index (χ3v) is 4.41. The zero-order valence-corrected chi connectivity index (χ0v) is 16.0. The van der Waals surface area contributed by atoms with Crippen molar-refractivity contribution < 1.29 is 0 Å². The van der Waals surface area contributed by atoms with Crippen LogP contribution in [0.1, 0.15) is 26.2 Å². The van der Waals surface area contributed by atoms with Gasteiger partial charge in [0.1, 0.15) is 0 Å². The molecule has 0 amide bonds. The summed E-state index contributed by atoms with van der Waals surface area (Å²) in [4.78, 5) is 11.8. The molecule has 0 aromatic carbocycles. The van der Waals surface area contributed by atoms with Crippen molar-refractivity contribution in [2.45, 2.75) is 26.2 Å². The first-order valence-electron chi connectivity index (χ1n) is 8.11. The van der Waals surface area contributed by atoms with Crippen LogP contribution in [0.25, 0.3) is 0 Å². The van der Waals surface area contributed by atoms with Crippen molar-refractivity contribution >= 4 is 29.9 Å². The minimum atomic E-state index is 0. The minimum absolute atomic E-state index is 0. The van der Waals surface area contributed by atoms with Gasteiger partial charge in [0.05, 0.1) is 0 Å². The molecule has 6 heteroatoms. The number of guanidine groups is 1. The standard InChI is InChI=1S/C15H31N5.HI/c1-14(13-19-10-8-18(2)9-11-19)12-17-15(16)20-6-4-3-5-7-20;/h14H,3-13H2,1-2H3,(H2,16,17);1H. The molecule has 0 bridgehead atoms. The Labute approximate surface area is 146 Å². The summed E-state index contributed by atoms with van der Waals surface area (Å²) in [5, 5.41) is 0. The van der Waals surface area contributed by atoms with Gasteiger partial charge in [-0.25, -0.2) is 0 Å². The third-order valence-electron chi connectivity index (χ3n) is 4.41. The molecular formula is C15H32IN5. The number of hydrogen-bond acceptors (Lipinski definition) is 3. The number of likely N-dealkylation sites (N-methyl/N-ethyl adjacent to an activating group) is 1. The molecule has 21 heavy (non-hydrogen) atoms. The monoisotopic (exact) mass is 409 g/mol. The van der Waals surface area contributed by atoms with Gasteiger partial charge in [0.2, 0.25) is 0 Å². The van der Waals surface area contributed by atoms with E-state index in [0.717, 1.165) is 32.1 Å². The molecule has 2 saturated heterocycles. The van der Waals surface area contributed by atoms with E-state index in [4.69, 9.17) is 5.73 Å². The van der Waals surface area contributed by atoms with Gasteiger partial charge >= 0.3 is 0 Å². The van der Waals surface area contributed by atoms with Crippen LogP contribution in [0.2, 0.25) is 0 Å². The van der Waals surface area contributed by atoms with Crippen LogP contribution in [0.3, 0.4) is 0 Å². The second kappa shape index (κ2) is 9.84. The number of hydrogen-bond donors (Lipinski definition) is 1. The summed E-state index contributed by atoms with van der Waals surface area (Å²) in [5.41, 5.74) is 6.10. The predicted octanol–water partition coefficient (Wildman–Crippen LogP) is 1.29. The highest BCUT2D eigenvalue weighted by molar-refractivity contribution is 14.0. The molecule has 0 aliphatic carbocycles. The van der Waals surface area contributed by atoms with Gasteiger partial charge in [0.25, 0.3) is 0 Å². The molecule has 2 rings (SSSR count). The highest BCUT2D eigenvalue weighted by Gasteiger charge is 2.16. The summed E-state index contributed by atoms with van der Waals surface area (Å²) in [5.74, 6) is 1.34. The van der Waals surface area contributed by atoms with E-state index in [1.807, 2.05) is 0 Å². The molecule has 0 spiro atoms.